The molecule has 0 saturated heterocycles. The maximum atomic E-state index is 11.6. The molecule has 2 unspecified atom stereocenters. The van der Waals surface area contributed by atoms with E-state index in [1.807, 2.05) is 0 Å². The molecule has 0 aliphatic heterocycles. The summed E-state index contributed by atoms with van der Waals surface area (Å²) < 4.78 is 0. The van der Waals surface area contributed by atoms with Crippen LogP contribution < -0.4 is 5.32 Å². The van der Waals surface area contributed by atoms with Crippen molar-refractivity contribution in [2.24, 2.45) is 11.8 Å². The van der Waals surface area contributed by atoms with Crippen LogP contribution in [-0.2, 0) is 4.79 Å². The summed E-state index contributed by atoms with van der Waals surface area (Å²) >= 11 is 5.90. The molecule has 0 radical (unpaired) electrons. The van der Waals surface area contributed by atoms with Crippen LogP contribution in [-0.4, -0.2) is 17.8 Å². The zero-order valence-electron chi connectivity index (χ0n) is 8.47. The van der Waals surface area contributed by atoms with Crippen LogP contribution in [0.4, 0.5) is 0 Å². The van der Waals surface area contributed by atoms with Gasteiger partial charge in [0.2, 0.25) is 5.91 Å². The Bertz CT molecular complexity index is 215. The maximum Gasteiger partial charge on any atom is 0.223 e. The summed E-state index contributed by atoms with van der Waals surface area (Å²) in [5.41, 5.74) is 0. The first-order valence-corrected chi connectivity index (χ1v) is 6.21. The molecule has 3 heteroatoms. The van der Waals surface area contributed by atoms with Gasteiger partial charge in [-0.05, 0) is 31.6 Å². The molecule has 0 aromatic carbocycles. The second-order valence-corrected chi connectivity index (χ2v) is 4.90. The van der Waals surface area contributed by atoms with Gasteiger partial charge in [-0.15, -0.1) is 11.6 Å². The van der Waals surface area contributed by atoms with E-state index in [0.29, 0.717) is 23.8 Å². The SMILES string of the molecule is O=C(NC1CCCCC1CCl)C1CC1. The minimum Gasteiger partial charge on any atom is -0.353 e. The number of carbonyl (C=O) groups is 1. The van der Waals surface area contributed by atoms with Gasteiger partial charge >= 0.3 is 0 Å². The van der Waals surface area contributed by atoms with Gasteiger partial charge < -0.3 is 5.32 Å². The fourth-order valence-corrected chi connectivity index (χ4v) is 2.60. The molecular formula is C11H18ClNO. The Morgan fingerprint density at radius 1 is 1.21 bits per heavy atom. The van der Waals surface area contributed by atoms with Gasteiger partial charge in [0.1, 0.15) is 0 Å². The second-order valence-electron chi connectivity index (χ2n) is 4.59. The highest BCUT2D eigenvalue weighted by Gasteiger charge is 2.33. The smallest absolute Gasteiger partial charge is 0.223 e. The number of rotatable bonds is 3. The highest BCUT2D eigenvalue weighted by atomic mass is 35.5. The van der Waals surface area contributed by atoms with Crippen molar-refractivity contribution in [3.05, 3.63) is 0 Å². The van der Waals surface area contributed by atoms with Crippen molar-refractivity contribution in [1.29, 1.82) is 0 Å². The van der Waals surface area contributed by atoms with Crippen molar-refractivity contribution in [2.75, 3.05) is 5.88 Å². The number of alkyl halides is 1. The quantitative estimate of drug-likeness (QED) is 0.720. The lowest BCUT2D eigenvalue weighted by Gasteiger charge is -2.30. The van der Waals surface area contributed by atoms with Crippen LogP contribution in [0.3, 0.4) is 0 Å². The van der Waals surface area contributed by atoms with Gasteiger partial charge in [0.25, 0.3) is 0 Å². The number of amides is 1. The zero-order valence-corrected chi connectivity index (χ0v) is 9.22. The van der Waals surface area contributed by atoms with E-state index in [-0.39, 0.29) is 5.91 Å². The molecule has 0 heterocycles. The van der Waals surface area contributed by atoms with Gasteiger partial charge in [0, 0.05) is 17.8 Å². The molecule has 80 valence electrons. The summed E-state index contributed by atoms with van der Waals surface area (Å²) in [6.07, 6.45) is 6.99. The fourth-order valence-electron chi connectivity index (χ4n) is 2.23. The molecular weight excluding hydrogens is 198 g/mol. The first-order chi connectivity index (χ1) is 6.81. The lowest BCUT2D eigenvalue weighted by Crippen LogP contribution is -2.43. The van der Waals surface area contributed by atoms with Crippen LogP contribution in [0.25, 0.3) is 0 Å². The highest BCUT2D eigenvalue weighted by molar-refractivity contribution is 6.18. The highest BCUT2D eigenvalue weighted by Crippen LogP contribution is 2.31. The molecule has 2 rings (SSSR count). The topological polar surface area (TPSA) is 29.1 Å². The van der Waals surface area contributed by atoms with Crippen LogP contribution in [0, 0.1) is 11.8 Å². The molecule has 2 fully saturated rings. The monoisotopic (exact) mass is 215 g/mol. The van der Waals surface area contributed by atoms with Gasteiger partial charge in [-0.25, -0.2) is 0 Å². The Morgan fingerprint density at radius 3 is 2.57 bits per heavy atom. The Balaban J connectivity index is 1.83. The molecule has 0 bridgehead atoms. The van der Waals surface area contributed by atoms with Crippen molar-refractivity contribution < 1.29 is 4.79 Å². The van der Waals surface area contributed by atoms with E-state index in [2.05, 4.69) is 5.32 Å². The number of nitrogens with one attached hydrogen (secondary N) is 1. The first-order valence-electron chi connectivity index (χ1n) is 5.67. The van der Waals surface area contributed by atoms with E-state index in [9.17, 15) is 4.79 Å². The van der Waals surface area contributed by atoms with E-state index in [4.69, 9.17) is 11.6 Å². The molecule has 2 saturated carbocycles. The zero-order chi connectivity index (χ0) is 9.97. The minimum atomic E-state index is 0.270. The Labute approximate surface area is 90.4 Å². The van der Waals surface area contributed by atoms with Gasteiger partial charge in [-0.3, -0.25) is 4.79 Å². The predicted molar refractivity (Wildman–Crippen MR) is 57.3 cm³/mol. The van der Waals surface area contributed by atoms with Crippen LogP contribution in [0.1, 0.15) is 38.5 Å². The van der Waals surface area contributed by atoms with Crippen LogP contribution >= 0.6 is 11.6 Å². The Morgan fingerprint density at radius 2 is 1.93 bits per heavy atom. The van der Waals surface area contributed by atoms with E-state index >= 15 is 0 Å². The van der Waals surface area contributed by atoms with E-state index in [1.165, 1.54) is 19.3 Å². The molecule has 2 aliphatic rings. The summed E-state index contributed by atoms with van der Waals surface area (Å²) in [7, 11) is 0. The molecule has 2 atom stereocenters. The molecule has 14 heavy (non-hydrogen) atoms. The van der Waals surface area contributed by atoms with Crippen LogP contribution in [0.2, 0.25) is 0 Å². The second kappa shape index (κ2) is 4.52. The largest absolute Gasteiger partial charge is 0.353 e. The van der Waals surface area contributed by atoms with Crippen molar-refractivity contribution in [2.45, 2.75) is 44.6 Å². The van der Waals surface area contributed by atoms with Gasteiger partial charge in [-0.2, -0.15) is 0 Å². The van der Waals surface area contributed by atoms with Crippen molar-refractivity contribution in [1.82, 2.24) is 5.32 Å². The van der Waals surface area contributed by atoms with E-state index in [0.717, 1.165) is 19.3 Å². The predicted octanol–water partition coefficient (Wildman–Crippen LogP) is 2.31. The van der Waals surface area contributed by atoms with Crippen molar-refractivity contribution >= 4 is 17.5 Å². The summed E-state index contributed by atoms with van der Waals surface area (Å²) in [4.78, 5) is 11.6. The number of hydrogen-bond acceptors (Lipinski definition) is 1. The average Bonchev–Trinajstić information content (AvgIpc) is 3.02. The third kappa shape index (κ3) is 2.41. The maximum absolute atomic E-state index is 11.6. The Kier molecular flexibility index (Phi) is 3.32. The van der Waals surface area contributed by atoms with Crippen LogP contribution in [0.5, 0.6) is 0 Å². The van der Waals surface area contributed by atoms with Gasteiger partial charge in [-0.1, -0.05) is 12.8 Å². The van der Waals surface area contributed by atoms with E-state index < -0.39 is 0 Å². The van der Waals surface area contributed by atoms with E-state index in [1.54, 1.807) is 0 Å². The third-order valence-corrected chi connectivity index (χ3v) is 3.78. The fraction of sp³-hybridized carbons (Fsp3) is 0.909. The van der Waals surface area contributed by atoms with Crippen LogP contribution in [0.15, 0.2) is 0 Å². The summed E-state index contributed by atoms with van der Waals surface area (Å²) in [6.45, 7) is 0. The number of carbonyl (C=O) groups excluding carboxylic acids is 1. The number of hydrogen-bond donors (Lipinski definition) is 1. The van der Waals surface area contributed by atoms with Crippen molar-refractivity contribution in [3.63, 3.8) is 0 Å². The summed E-state index contributed by atoms with van der Waals surface area (Å²) in [6, 6.07) is 0.356. The average molecular weight is 216 g/mol. The molecule has 0 aromatic rings. The lowest BCUT2D eigenvalue weighted by atomic mass is 9.85. The van der Waals surface area contributed by atoms with Gasteiger partial charge in [0.15, 0.2) is 0 Å². The molecule has 1 N–H and O–H groups in total. The standard InChI is InChI=1S/C11H18ClNO/c12-7-9-3-1-2-4-10(9)13-11(14)8-5-6-8/h8-10H,1-7H2,(H,13,14). The molecule has 0 aromatic heterocycles. The minimum absolute atomic E-state index is 0.270. The summed E-state index contributed by atoms with van der Waals surface area (Å²) in [5.74, 6) is 1.79. The molecule has 2 nitrogen and oxygen atoms in total. The molecule has 2 aliphatic carbocycles. The normalized spacial score (nSPS) is 32.6. The molecule has 0 spiro atoms. The third-order valence-electron chi connectivity index (χ3n) is 3.38. The first kappa shape index (κ1) is 10.3. The Hall–Kier alpha value is -0.240. The number of halogens is 1. The van der Waals surface area contributed by atoms with Gasteiger partial charge in [0.05, 0.1) is 0 Å². The summed E-state index contributed by atoms with van der Waals surface area (Å²) in [5, 5.41) is 3.16. The lowest BCUT2D eigenvalue weighted by molar-refractivity contribution is -0.123. The molecule has 1 amide bonds. The van der Waals surface area contributed by atoms with Crippen molar-refractivity contribution in [3.8, 4) is 0 Å².